The van der Waals surface area contributed by atoms with Crippen molar-refractivity contribution in [2.45, 2.75) is 11.8 Å². The fourth-order valence-corrected chi connectivity index (χ4v) is 2.43. The third-order valence-corrected chi connectivity index (χ3v) is 3.76. The number of ether oxygens (including phenoxy) is 2. The smallest absolute Gasteiger partial charge is 0.132 e. The normalized spacial score (nSPS) is 10.6. The molecule has 2 nitrogen and oxygen atoms in total. The highest BCUT2D eigenvalue weighted by molar-refractivity contribution is 9.08. The van der Waals surface area contributed by atoms with Gasteiger partial charge in [-0.15, -0.1) is 0 Å². The summed E-state index contributed by atoms with van der Waals surface area (Å²) in [5.41, 5.74) is 2.30. The Labute approximate surface area is 132 Å². The average Bonchev–Trinajstić information content (AvgIpc) is 2.47. The Balaban J connectivity index is 2.11. The molecule has 0 fully saturated rings. The minimum absolute atomic E-state index is 0.668. The third kappa shape index (κ3) is 4.23. The van der Waals surface area contributed by atoms with Crippen LogP contribution in [-0.2, 0) is 16.5 Å². The maximum absolute atomic E-state index is 6.01. The Morgan fingerprint density at radius 1 is 1.10 bits per heavy atom. The molecule has 0 aromatic heterocycles. The van der Waals surface area contributed by atoms with Crippen LogP contribution in [0.25, 0.3) is 0 Å². The van der Waals surface area contributed by atoms with Crippen LogP contribution in [0, 0.1) is 0 Å². The van der Waals surface area contributed by atoms with E-state index in [0.29, 0.717) is 5.02 Å². The molecule has 4 heteroatoms. The fourth-order valence-electron chi connectivity index (χ4n) is 1.80. The van der Waals surface area contributed by atoms with Crippen LogP contribution >= 0.6 is 27.5 Å². The number of benzene rings is 2. The lowest BCUT2D eigenvalue weighted by molar-refractivity contribution is 0.202. The molecule has 106 valence electrons. The molecule has 20 heavy (non-hydrogen) atoms. The Morgan fingerprint density at radius 3 is 2.50 bits per heavy atom. The molecule has 0 unspecified atom stereocenters. The molecule has 0 saturated carbocycles. The number of hydrogen-bond acceptors (Lipinski definition) is 2. The SMILES string of the molecule is COCCc1ccc(Oc2cc(Cl)ccc2CBr)cc1. The molecule has 0 aliphatic heterocycles. The Kier molecular flexibility index (Phi) is 5.89. The first-order valence-electron chi connectivity index (χ1n) is 6.33. The number of alkyl halides is 1. The number of hydrogen-bond donors (Lipinski definition) is 0. The van der Waals surface area contributed by atoms with Crippen LogP contribution < -0.4 is 4.74 Å². The predicted octanol–water partition coefficient (Wildman–Crippen LogP) is 5.22. The minimum atomic E-state index is 0.668. The second-order valence-corrected chi connectivity index (χ2v) is 5.37. The van der Waals surface area contributed by atoms with E-state index in [9.17, 15) is 0 Å². The standard InChI is InChI=1S/C16H16BrClO2/c1-19-9-8-12-2-6-15(7-3-12)20-16-10-14(18)5-4-13(16)11-17/h2-7,10H,8-9,11H2,1H3. The van der Waals surface area contributed by atoms with E-state index in [-0.39, 0.29) is 0 Å². The monoisotopic (exact) mass is 354 g/mol. The van der Waals surface area contributed by atoms with Gasteiger partial charge in [-0.3, -0.25) is 0 Å². The summed E-state index contributed by atoms with van der Waals surface area (Å²) in [5, 5.41) is 1.40. The highest BCUT2D eigenvalue weighted by Gasteiger charge is 2.05. The molecule has 0 bridgehead atoms. The van der Waals surface area contributed by atoms with Gasteiger partial charge < -0.3 is 9.47 Å². The lowest BCUT2D eigenvalue weighted by Crippen LogP contribution is -1.94. The van der Waals surface area contributed by atoms with Gasteiger partial charge in [-0.2, -0.15) is 0 Å². The summed E-state index contributed by atoms with van der Waals surface area (Å²) in [6.07, 6.45) is 0.903. The number of methoxy groups -OCH3 is 1. The first-order valence-corrected chi connectivity index (χ1v) is 7.83. The van der Waals surface area contributed by atoms with Crippen molar-refractivity contribution in [3.8, 4) is 11.5 Å². The molecule has 0 aliphatic rings. The maximum atomic E-state index is 6.01. The van der Waals surface area contributed by atoms with Gasteiger partial charge in [0.2, 0.25) is 0 Å². The Hall–Kier alpha value is -1.03. The molecule has 0 spiro atoms. The van der Waals surface area contributed by atoms with Gasteiger partial charge in [-0.05, 0) is 36.2 Å². The van der Waals surface area contributed by atoms with Crippen molar-refractivity contribution in [2.75, 3.05) is 13.7 Å². The van der Waals surface area contributed by atoms with E-state index in [1.807, 2.05) is 42.5 Å². The molecule has 0 heterocycles. The van der Waals surface area contributed by atoms with Crippen molar-refractivity contribution >= 4 is 27.5 Å². The summed E-state index contributed by atoms with van der Waals surface area (Å²) < 4.78 is 11.0. The Morgan fingerprint density at radius 2 is 1.85 bits per heavy atom. The van der Waals surface area contributed by atoms with Crippen LogP contribution in [0.2, 0.25) is 5.02 Å². The third-order valence-electron chi connectivity index (χ3n) is 2.92. The van der Waals surface area contributed by atoms with Crippen LogP contribution in [0.5, 0.6) is 11.5 Å². The fraction of sp³-hybridized carbons (Fsp3) is 0.250. The molecule has 0 aliphatic carbocycles. The van der Waals surface area contributed by atoms with E-state index in [0.717, 1.165) is 35.4 Å². The summed E-state index contributed by atoms with van der Waals surface area (Å²) in [6, 6.07) is 13.7. The van der Waals surface area contributed by atoms with Crippen LogP contribution in [0.1, 0.15) is 11.1 Å². The van der Waals surface area contributed by atoms with Gasteiger partial charge in [-0.25, -0.2) is 0 Å². The van der Waals surface area contributed by atoms with E-state index < -0.39 is 0 Å². The maximum Gasteiger partial charge on any atom is 0.132 e. The minimum Gasteiger partial charge on any atom is -0.457 e. The van der Waals surface area contributed by atoms with Gasteiger partial charge in [0.15, 0.2) is 0 Å². The van der Waals surface area contributed by atoms with Gasteiger partial charge in [-0.1, -0.05) is 45.7 Å². The topological polar surface area (TPSA) is 18.5 Å². The first-order chi connectivity index (χ1) is 9.72. The second kappa shape index (κ2) is 7.67. The van der Waals surface area contributed by atoms with Crippen molar-refractivity contribution in [2.24, 2.45) is 0 Å². The molecule has 2 aromatic carbocycles. The summed E-state index contributed by atoms with van der Waals surface area (Å²) in [4.78, 5) is 0. The van der Waals surface area contributed by atoms with Crippen LogP contribution in [-0.4, -0.2) is 13.7 Å². The van der Waals surface area contributed by atoms with Crippen molar-refractivity contribution in [1.82, 2.24) is 0 Å². The average molecular weight is 356 g/mol. The number of rotatable bonds is 6. The summed E-state index contributed by atoms with van der Waals surface area (Å²) >= 11 is 9.46. The van der Waals surface area contributed by atoms with Crippen LogP contribution in [0.15, 0.2) is 42.5 Å². The largest absolute Gasteiger partial charge is 0.457 e. The zero-order valence-electron chi connectivity index (χ0n) is 11.2. The molecular weight excluding hydrogens is 340 g/mol. The Bertz CT molecular complexity index is 555. The summed E-state index contributed by atoms with van der Waals surface area (Å²) in [5.74, 6) is 1.58. The van der Waals surface area contributed by atoms with E-state index >= 15 is 0 Å². The molecule has 0 radical (unpaired) electrons. The van der Waals surface area contributed by atoms with Crippen molar-refractivity contribution in [3.63, 3.8) is 0 Å². The first kappa shape index (κ1) is 15.4. The van der Waals surface area contributed by atoms with Gasteiger partial charge >= 0.3 is 0 Å². The highest BCUT2D eigenvalue weighted by Crippen LogP contribution is 2.30. The molecule has 0 amide bonds. The molecule has 2 aromatic rings. The van der Waals surface area contributed by atoms with Gasteiger partial charge in [0.1, 0.15) is 11.5 Å². The van der Waals surface area contributed by atoms with Crippen molar-refractivity contribution in [1.29, 1.82) is 0 Å². The molecular formula is C16H16BrClO2. The van der Waals surface area contributed by atoms with Crippen LogP contribution in [0.4, 0.5) is 0 Å². The van der Waals surface area contributed by atoms with E-state index in [4.69, 9.17) is 21.1 Å². The van der Waals surface area contributed by atoms with Gasteiger partial charge in [0.25, 0.3) is 0 Å². The van der Waals surface area contributed by atoms with Crippen molar-refractivity contribution in [3.05, 3.63) is 58.6 Å². The second-order valence-electron chi connectivity index (χ2n) is 4.37. The molecule has 0 atom stereocenters. The highest BCUT2D eigenvalue weighted by atomic mass is 79.9. The predicted molar refractivity (Wildman–Crippen MR) is 86.2 cm³/mol. The molecule has 0 N–H and O–H groups in total. The van der Waals surface area contributed by atoms with E-state index in [1.54, 1.807) is 7.11 Å². The van der Waals surface area contributed by atoms with E-state index in [1.165, 1.54) is 5.56 Å². The molecule has 0 saturated heterocycles. The molecule has 2 rings (SSSR count). The van der Waals surface area contributed by atoms with Gasteiger partial charge in [0, 0.05) is 23.0 Å². The van der Waals surface area contributed by atoms with E-state index in [2.05, 4.69) is 15.9 Å². The lowest BCUT2D eigenvalue weighted by Gasteiger charge is -2.10. The van der Waals surface area contributed by atoms with Crippen molar-refractivity contribution < 1.29 is 9.47 Å². The van der Waals surface area contributed by atoms with Crippen LogP contribution in [0.3, 0.4) is 0 Å². The summed E-state index contributed by atoms with van der Waals surface area (Å²) in [7, 11) is 1.71. The number of halogens is 2. The lowest BCUT2D eigenvalue weighted by atomic mass is 10.1. The quantitative estimate of drug-likeness (QED) is 0.662. The zero-order valence-corrected chi connectivity index (χ0v) is 13.6. The zero-order chi connectivity index (χ0) is 14.4. The summed E-state index contributed by atoms with van der Waals surface area (Å²) in [6.45, 7) is 0.724. The van der Waals surface area contributed by atoms with Gasteiger partial charge in [0.05, 0.1) is 6.61 Å².